The first-order valence-electron chi connectivity index (χ1n) is 17.8. The van der Waals surface area contributed by atoms with Gasteiger partial charge in [-0.05, 0) is 82.5 Å². The van der Waals surface area contributed by atoms with Crippen molar-refractivity contribution in [1.82, 2.24) is 38.7 Å². The van der Waals surface area contributed by atoms with Crippen molar-refractivity contribution in [3.05, 3.63) is 81.9 Å². The number of carbonyl (C=O) groups excluding carboxylic acids is 4. The smallest absolute Gasteiger partial charge is 0.276 e. The quantitative estimate of drug-likeness (QED) is 0.167. The highest BCUT2D eigenvalue weighted by Crippen LogP contribution is 2.27. The Morgan fingerprint density at radius 2 is 1.54 bits per heavy atom. The Morgan fingerprint density at radius 3 is 2.19 bits per heavy atom. The van der Waals surface area contributed by atoms with Crippen LogP contribution in [0.3, 0.4) is 0 Å². The predicted octanol–water partition coefficient (Wildman–Crippen LogP) is 2.98. The minimum Gasteiger partial charge on any atom is -0.390 e. The maximum Gasteiger partial charge on any atom is 0.276 e. The minimum absolute atomic E-state index is 0.0510. The minimum atomic E-state index is -1.28. The van der Waals surface area contributed by atoms with Gasteiger partial charge in [0.2, 0.25) is 17.8 Å². The lowest BCUT2D eigenvalue weighted by molar-refractivity contribution is 0.0120. The molecule has 5 heterocycles. The monoisotopic (exact) mass is 735 g/mol. The molecule has 0 radical (unpaired) electrons. The van der Waals surface area contributed by atoms with Crippen LogP contribution in [0.5, 0.6) is 0 Å². The number of aromatic nitrogens is 8. The molecule has 2 atom stereocenters. The maximum absolute atomic E-state index is 14.1. The topological polar surface area (TPSA) is 230 Å². The summed E-state index contributed by atoms with van der Waals surface area (Å²) in [5.41, 5.74) is 10.7. The summed E-state index contributed by atoms with van der Waals surface area (Å²) < 4.78 is 6.77. The first-order chi connectivity index (χ1) is 25.9. The van der Waals surface area contributed by atoms with E-state index in [2.05, 4.69) is 25.8 Å². The molecule has 0 bridgehead atoms. The first kappa shape index (κ1) is 36.2. The van der Waals surface area contributed by atoms with Gasteiger partial charge in [0.05, 0.1) is 45.7 Å². The second-order valence-electron chi connectivity index (χ2n) is 13.5. The van der Waals surface area contributed by atoms with Crippen LogP contribution in [0.2, 0.25) is 0 Å². The van der Waals surface area contributed by atoms with Crippen molar-refractivity contribution in [3.63, 3.8) is 0 Å². The van der Waals surface area contributed by atoms with E-state index in [4.69, 9.17) is 10.7 Å². The fourth-order valence-electron chi connectivity index (χ4n) is 7.05. The fourth-order valence-corrected chi connectivity index (χ4v) is 7.05. The lowest BCUT2D eigenvalue weighted by Crippen LogP contribution is -2.31. The predicted molar refractivity (Wildman–Crippen MR) is 198 cm³/mol. The lowest BCUT2D eigenvalue weighted by atomic mass is 9.99. The van der Waals surface area contributed by atoms with Gasteiger partial charge in [-0.1, -0.05) is 0 Å². The van der Waals surface area contributed by atoms with E-state index >= 15 is 0 Å². The van der Waals surface area contributed by atoms with Gasteiger partial charge in [0, 0.05) is 49.3 Å². The van der Waals surface area contributed by atoms with Gasteiger partial charge in [0.15, 0.2) is 0 Å². The van der Waals surface area contributed by atoms with Gasteiger partial charge in [-0.2, -0.15) is 10.2 Å². The molecule has 280 valence electrons. The van der Waals surface area contributed by atoms with Gasteiger partial charge in [0.1, 0.15) is 17.7 Å². The summed E-state index contributed by atoms with van der Waals surface area (Å²) in [6.45, 7) is 6.67. The number of fused-ring (bicyclic) bond motifs is 8. The highest BCUT2D eigenvalue weighted by molar-refractivity contribution is 6.05. The molecule has 4 aromatic heterocycles. The van der Waals surface area contributed by atoms with Crippen LogP contribution < -0.4 is 16.4 Å². The zero-order chi connectivity index (χ0) is 38.3. The van der Waals surface area contributed by atoms with Crippen molar-refractivity contribution in [2.24, 2.45) is 5.73 Å². The van der Waals surface area contributed by atoms with E-state index in [-0.39, 0.29) is 48.2 Å². The van der Waals surface area contributed by atoms with Crippen molar-refractivity contribution < 1.29 is 29.4 Å². The number of anilines is 2. The maximum atomic E-state index is 14.1. The highest BCUT2D eigenvalue weighted by Gasteiger charge is 2.28. The molecule has 0 aliphatic carbocycles. The third-order valence-corrected chi connectivity index (χ3v) is 9.80. The zero-order valence-corrected chi connectivity index (χ0v) is 30.1. The zero-order valence-electron chi connectivity index (χ0n) is 30.1. The van der Waals surface area contributed by atoms with Crippen molar-refractivity contribution in [1.29, 1.82) is 0 Å². The number of primary amides is 1. The number of hydrogen-bond acceptors (Lipinski definition) is 10. The van der Waals surface area contributed by atoms with Crippen LogP contribution in [0.1, 0.15) is 84.8 Å². The van der Waals surface area contributed by atoms with Gasteiger partial charge in [-0.3, -0.25) is 39.2 Å². The molecule has 2 unspecified atom stereocenters. The van der Waals surface area contributed by atoms with E-state index in [1.165, 1.54) is 4.68 Å². The number of aliphatic hydroxyl groups excluding tert-OH is 2. The Morgan fingerprint density at radius 1 is 0.889 bits per heavy atom. The number of aldehydes is 1. The van der Waals surface area contributed by atoms with E-state index in [1.54, 1.807) is 61.0 Å². The van der Waals surface area contributed by atoms with E-state index in [0.717, 1.165) is 11.8 Å². The molecule has 0 fully saturated rings. The average Bonchev–Trinajstić information content (AvgIpc) is 3.89. The largest absolute Gasteiger partial charge is 0.390 e. The van der Waals surface area contributed by atoms with Crippen LogP contribution in [0.25, 0.3) is 22.1 Å². The van der Waals surface area contributed by atoms with Gasteiger partial charge >= 0.3 is 0 Å². The van der Waals surface area contributed by atoms with E-state index in [0.29, 0.717) is 71.5 Å². The van der Waals surface area contributed by atoms with Crippen molar-refractivity contribution in [2.75, 3.05) is 10.6 Å². The molecule has 7 rings (SSSR count). The number of benzene rings is 2. The number of carbonyl (C=O) groups is 4. The van der Waals surface area contributed by atoms with Crippen LogP contribution in [0.4, 0.5) is 11.9 Å². The summed E-state index contributed by atoms with van der Waals surface area (Å²) >= 11 is 0. The Balaban J connectivity index is 1.30. The molecular formula is C37H41N11O6. The van der Waals surface area contributed by atoms with E-state index < -0.39 is 29.9 Å². The van der Waals surface area contributed by atoms with Crippen molar-refractivity contribution in [3.8, 4) is 0 Å². The molecule has 6 N–H and O–H groups in total. The molecule has 54 heavy (non-hydrogen) atoms. The van der Waals surface area contributed by atoms with Crippen LogP contribution in [0.15, 0.2) is 42.5 Å². The Kier molecular flexibility index (Phi) is 9.83. The fraction of sp³-hybridized carbons (Fsp3) is 0.351. The van der Waals surface area contributed by atoms with Crippen LogP contribution in [-0.4, -0.2) is 85.1 Å². The Hall–Kier alpha value is -6.20. The molecule has 17 nitrogen and oxygen atoms in total. The van der Waals surface area contributed by atoms with Gasteiger partial charge in [-0.15, -0.1) is 0 Å². The molecular weight excluding hydrogens is 694 g/mol. The summed E-state index contributed by atoms with van der Waals surface area (Å²) in [5, 5.41) is 37.3. The van der Waals surface area contributed by atoms with E-state index in [1.807, 2.05) is 16.1 Å². The Bertz CT molecular complexity index is 2440. The number of nitrogens with zero attached hydrogens (tertiary/aromatic N) is 8. The van der Waals surface area contributed by atoms with Crippen LogP contribution in [0, 0.1) is 13.8 Å². The average molecular weight is 736 g/mol. The van der Waals surface area contributed by atoms with Crippen LogP contribution in [-0.2, 0) is 32.6 Å². The highest BCUT2D eigenvalue weighted by atomic mass is 16.3. The molecule has 6 aromatic rings. The lowest BCUT2D eigenvalue weighted by Gasteiger charge is -2.19. The van der Waals surface area contributed by atoms with Crippen molar-refractivity contribution >= 4 is 58.0 Å². The molecule has 0 spiro atoms. The number of nitrogens with one attached hydrogen (secondary N) is 2. The third-order valence-electron chi connectivity index (χ3n) is 9.80. The summed E-state index contributed by atoms with van der Waals surface area (Å²) in [7, 11) is 0. The molecule has 17 heteroatoms. The summed E-state index contributed by atoms with van der Waals surface area (Å²) in [4.78, 5) is 60.9. The molecule has 3 amide bonds. The Labute approximate surface area is 308 Å². The molecule has 1 aliphatic rings. The van der Waals surface area contributed by atoms with Gasteiger partial charge in [-0.25, -0.2) is 9.97 Å². The molecule has 0 saturated heterocycles. The number of imidazole rings is 2. The number of rotatable bonds is 3. The number of hydrogen-bond donors (Lipinski definition) is 5. The second-order valence-corrected chi connectivity index (χ2v) is 13.5. The molecule has 0 saturated carbocycles. The third kappa shape index (κ3) is 6.85. The second kappa shape index (κ2) is 14.7. The number of aliphatic hydroxyl groups is 2. The molecule has 2 aromatic carbocycles. The van der Waals surface area contributed by atoms with Crippen molar-refractivity contribution in [2.45, 2.75) is 84.8 Å². The normalized spacial score (nSPS) is 17.5. The SMILES string of the molecule is CCn1nc(C)c2c1C(=O)Nc1nc3cc(C(N)=O)ccc3n1CCCCn1c(nc3cc(C=O)ccc31)NC(=O)c1cc(C)nn1CCC(O)C(O)C2. The molecule has 1 aliphatic heterocycles. The first-order valence-corrected chi connectivity index (χ1v) is 17.8. The number of amides is 3. The number of nitrogens with two attached hydrogens (primary N) is 1. The van der Waals surface area contributed by atoms with Crippen LogP contribution >= 0.6 is 0 Å². The summed E-state index contributed by atoms with van der Waals surface area (Å²) in [5.74, 6) is -1.06. The van der Waals surface area contributed by atoms with Gasteiger partial charge < -0.3 is 25.1 Å². The summed E-state index contributed by atoms with van der Waals surface area (Å²) in [6.07, 6.45) is -0.594. The standard InChI is InChI=1S/C37H41N11O6/c1-4-47-32-24(21(3)44-47)18-31(51)30(50)11-14-48-29(15-20(2)43-48)34(53)41-36-39-25-16-22(19-49)7-9-27(25)45(36)12-5-6-13-46-28-10-8-23(33(38)52)17-26(28)40-37(46)42-35(32)54/h7-10,15-17,19,30-31,50-51H,4-6,11-14,18H2,1-3H3,(H2,38,52)(H,39,41,53)(H,40,42,54). The van der Waals surface area contributed by atoms with Gasteiger partial charge in [0.25, 0.3) is 11.8 Å². The number of aryl methyl sites for hydroxylation is 6. The summed E-state index contributed by atoms with van der Waals surface area (Å²) in [6, 6.07) is 11.7. The van der Waals surface area contributed by atoms with E-state index in [9.17, 15) is 29.4 Å².